The van der Waals surface area contributed by atoms with E-state index in [1.54, 1.807) is 18.2 Å². The van der Waals surface area contributed by atoms with E-state index in [2.05, 4.69) is 4.98 Å². The van der Waals surface area contributed by atoms with Crippen molar-refractivity contribution in [3.63, 3.8) is 0 Å². The zero-order valence-electron chi connectivity index (χ0n) is 11.3. The second-order valence-corrected chi connectivity index (χ2v) is 4.60. The number of nitrogens with zero attached hydrogens (tertiary/aromatic N) is 1. The van der Waals surface area contributed by atoms with Gasteiger partial charge >= 0.3 is 5.97 Å². The molecular weight excluding hydrogens is 269 g/mol. The largest absolute Gasteiger partial charge is 0.465 e. The summed E-state index contributed by atoms with van der Waals surface area (Å²) in [5.41, 5.74) is 2.17. The highest BCUT2D eigenvalue weighted by atomic mass is 19.1. The molecule has 1 heterocycles. The summed E-state index contributed by atoms with van der Waals surface area (Å²) in [5.74, 6) is -0.904. The molecule has 3 rings (SSSR count). The molecule has 0 N–H and O–H groups in total. The van der Waals surface area contributed by atoms with E-state index >= 15 is 0 Å². The van der Waals surface area contributed by atoms with Gasteiger partial charge < -0.3 is 4.74 Å². The lowest BCUT2D eigenvalue weighted by Crippen LogP contribution is -2.00. The number of aromatic nitrogens is 1. The van der Waals surface area contributed by atoms with Gasteiger partial charge in [-0.05, 0) is 40.6 Å². The lowest BCUT2D eigenvalue weighted by atomic mass is 9.98. The van der Waals surface area contributed by atoms with Crippen molar-refractivity contribution in [2.45, 2.75) is 0 Å². The van der Waals surface area contributed by atoms with E-state index < -0.39 is 5.95 Å². The Hall–Kier alpha value is -2.75. The van der Waals surface area contributed by atoms with Crippen LogP contribution in [-0.4, -0.2) is 18.1 Å². The van der Waals surface area contributed by atoms with E-state index in [0.717, 1.165) is 21.9 Å². The third kappa shape index (κ3) is 2.48. The Kier molecular flexibility index (Phi) is 3.36. The molecule has 0 aliphatic heterocycles. The summed E-state index contributed by atoms with van der Waals surface area (Å²) in [5, 5.41) is 1.89. The number of esters is 1. The molecule has 0 aliphatic rings. The standard InChI is InChI=1S/C17H12FNO2/c1-21-17(20)12-6-5-11-3-2-4-14(15(11)9-12)13-7-8-16(18)19-10-13/h2-10H,1H3. The van der Waals surface area contributed by atoms with Gasteiger partial charge in [0.15, 0.2) is 0 Å². The van der Waals surface area contributed by atoms with Crippen LogP contribution in [0.25, 0.3) is 21.9 Å². The van der Waals surface area contributed by atoms with Crippen molar-refractivity contribution < 1.29 is 13.9 Å². The highest BCUT2D eigenvalue weighted by Gasteiger charge is 2.09. The van der Waals surface area contributed by atoms with Crippen molar-refractivity contribution in [2.75, 3.05) is 7.11 Å². The molecule has 3 aromatic rings. The summed E-state index contributed by atoms with van der Waals surface area (Å²) in [4.78, 5) is 15.3. The highest BCUT2D eigenvalue weighted by molar-refractivity contribution is 6.01. The Labute approximate surface area is 121 Å². The van der Waals surface area contributed by atoms with Crippen LogP contribution in [0.4, 0.5) is 4.39 Å². The zero-order chi connectivity index (χ0) is 14.8. The van der Waals surface area contributed by atoms with Crippen LogP contribution in [0.1, 0.15) is 10.4 Å². The molecule has 104 valence electrons. The Morgan fingerprint density at radius 2 is 2.00 bits per heavy atom. The number of carbonyl (C=O) groups is 1. The van der Waals surface area contributed by atoms with E-state index in [4.69, 9.17) is 4.74 Å². The van der Waals surface area contributed by atoms with Crippen molar-refractivity contribution in [2.24, 2.45) is 0 Å². The van der Waals surface area contributed by atoms with Gasteiger partial charge in [0.05, 0.1) is 12.7 Å². The molecule has 1 aromatic heterocycles. The maximum Gasteiger partial charge on any atom is 0.337 e. The fraction of sp³-hybridized carbons (Fsp3) is 0.0588. The highest BCUT2D eigenvalue weighted by Crippen LogP contribution is 2.29. The van der Waals surface area contributed by atoms with Gasteiger partial charge in [0, 0.05) is 11.8 Å². The van der Waals surface area contributed by atoms with Crippen LogP contribution in [-0.2, 0) is 4.74 Å². The Morgan fingerprint density at radius 3 is 2.71 bits per heavy atom. The number of fused-ring (bicyclic) bond motifs is 1. The number of hydrogen-bond donors (Lipinski definition) is 0. The number of ether oxygens (including phenoxy) is 1. The normalized spacial score (nSPS) is 10.6. The monoisotopic (exact) mass is 281 g/mol. The Morgan fingerprint density at radius 1 is 1.14 bits per heavy atom. The SMILES string of the molecule is COC(=O)c1ccc2cccc(-c3ccc(F)nc3)c2c1. The molecule has 2 aromatic carbocycles. The third-order valence-corrected chi connectivity index (χ3v) is 3.34. The first-order valence-corrected chi connectivity index (χ1v) is 6.42. The Bertz CT molecular complexity index is 813. The molecule has 0 unspecified atom stereocenters. The topological polar surface area (TPSA) is 39.2 Å². The van der Waals surface area contributed by atoms with E-state index in [9.17, 15) is 9.18 Å². The number of halogens is 1. The van der Waals surface area contributed by atoms with Crippen molar-refractivity contribution in [1.29, 1.82) is 0 Å². The van der Waals surface area contributed by atoms with Crippen LogP contribution < -0.4 is 0 Å². The molecule has 0 fully saturated rings. The zero-order valence-corrected chi connectivity index (χ0v) is 11.3. The van der Waals surface area contributed by atoms with Crippen LogP contribution in [0.3, 0.4) is 0 Å². The number of rotatable bonds is 2. The summed E-state index contributed by atoms with van der Waals surface area (Å²) in [6.07, 6.45) is 1.48. The summed E-state index contributed by atoms with van der Waals surface area (Å²) >= 11 is 0. The lowest BCUT2D eigenvalue weighted by Gasteiger charge is -2.08. The predicted octanol–water partition coefficient (Wildman–Crippen LogP) is 3.83. The smallest absolute Gasteiger partial charge is 0.337 e. The molecule has 0 spiro atoms. The number of benzene rings is 2. The first kappa shape index (κ1) is 13.2. The van der Waals surface area contributed by atoms with Crippen LogP contribution >= 0.6 is 0 Å². The third-order valence-electron chi connectivity index (χ3n) is 3.34. The Balaban J connectivity index is 2.22. The maximum absolute atomic E-state index is 13.0. The van der Waals surface area contributed by atoms with Gasteiger partial charge in [-0.1, -0.05) is 24.3 Å². The lowest BCUT2D eigenvalue weighted by molar-refractivity contribution is 0.0601. The van der Waals surface area contributed by atoms with Crippen LogP contribution in [0.5, 0.6) is 0 Å². The molecule has 0 atom stereocenters. The fourth-order valence-corrected chi connectivity index (χ4v) is 2.30. The molecule has 0 amide bonds. The van der Waals surface area contributed by atoms with Crippen molar-refractivity contribution in [3.8, 4) is 11.1 Å². The quantitative estimate of drug-likeness (QED) is 0.529. The fourth-order valence-electron chi connectivity index (χ4n) is 2.30. The van der Waals surface area contributed by atoms with E-state index in [0.29, 0.717) is 5.56 Å². The van der Waals surface area contributed by atoms with Crippen LogP contribution in [0.2, 0.25) is 0 Å². The molecule has 0 aliphatic carbocycles. The molecule has 4 heteroatoms. The van der Waals surface area contributed by atoms with Gasteiger partial charge in [-0.2, -0.15) is 4.39 Å². The summed E-state index contributed by atoms with van der Waals surface area (Å²) in [6.45, 7) is 0. The average Bonchev–Trinajstić information content (AvgIpc) is 2.54. The van der Waals surface area contributed by atoms with Gasteiger partial charge in [0.25, 0.3) is 0 Å². The minimum atomic E-state index is -0.519. The first-order chi connectivity index (χ1) is 10.2. The van der Waals surface area contributed by atoms with Gasteiger partial charge in [0.1, 0.15) is 0 Å². The van der Waals surface area contributed by atoms with Crippen molar-refractivity contribution in [1.82, 2.24) is 4.98 Å². The molecule has 0 radical (unpaired) electrons. The summed E-state index contributed by atoms with van der Waals surface area (Å²) in [7, 11) is 1.35. The minimum absolute atomic E-state index is 0.385. The number of pyridine rings is 1. The van der Waals surface area contributed by atoms with Gasteiger partial charge in [-0.25, -0.2) is 9.78 Å². The van der Waals surface area contributed by atoms with Gasteiger partial charge in [-0.15, -0.1) is 0 Å². The van der Waals surface area contributed by atoms with Crippen LogP contribution in [0.15, 0.2) is 54.7 Å². The minimum Gasteiger partial charge on any atom is -0.465 e. The molecule has 0 saturated heterocycles. The van der Waals surface area contributed by atoms with Gasteiger partial charge in [0.2, 0.25) is 5.95 Å². The summed E-state index contributed by atoms with van der Waals surface area (Å²) < 4.78 is 17.7. The van der Waals surface area contributed by atoms with Crippen LogP contribution in [0, 0.1) is 5.95 Å². The average molecular weight is 281 g/mol. The predicted molar refractivity (Wildman–Crippen MR) is 78.5 cm³/mol. The molecular formula is C17H12FNO2. The van der Waals surface area contributed by atoms with Gasteiger partial charge in [-0.3, -0.25) is 0 Å². The van der Waals surface area contributed by atoms with E-state index in [1.165, 1.54) is 19.4 Å². The number of hydrogen-bond acceptors (Lipinski definition) is 3. The number of carbonyl (C=O) groups excluding carboxylic acids is 1. The number of methoxy groups -OCH3 is 1. The summed E-state index contributed by atoms with van der Waals surface area (Å²) in [6, 6.07) is 14.1. The molecule has 3 nitrogen and oxygen atoms in total. The van der Waals surface area contributed by atoms with E-state index in [1.807, 2.05) is 24.3 Å². The van der Waals surface area contributed by atoms with Crippen molar-refractivity contribution in [3.05, 3.63) is 66.2 Å². The second kappa shape index (κ2) is 5.32. The molecule has 0 bridgehead atoms. The first-order valence-electron chi connectivity index (χ1n) is 6.42. The van der Waals surface area contributed by atoms with E-state index in [-0.39, 0.29) is 5.97 Å². The maximum atomic E-state index is 13.0. The van der Waals surface area contributed by atoms with Crippen molar-refractivity contribution >= 4 is 16.7 Å². The molecule has 0 saturated carbocycles. The molecule has 21 heavy (non-hydrogen) atoms. The second-order valence-electron chi connectivity index (χ2n) is 4.60.